The van der Waals surface area contributed by atoms with Gasteiger partial charge in [-0.15, -0.1) is 0 Å². The average molecular weight is 399 g/mol. The van der Waals surface area contributed by atoms with Gasteiger partial charge in [-0.25, -0.2) is 0 Å². The smallest absolute Gasteiger partial charge is 0.122 e. The van der Waals surface area contributed by atoms with Crippen molar-refractivity contribution in [1.82, 2.24) is 4.90 Å². The second kappa shape index (κ2) is 10.5. The van der Waals surface area contributed by atoms with Gasteiger partial charge >= 0.3 is 0 Å². The maximum Gasteiger partial charge on any atom is 0.122 e. The Bertz CT molecular complexity index is 742. The van der Waals surface area contributed by atoms with E-state index in [1.54, 1.807) is 7.11 Å². The van der Waals surface area contributed by atoms with E-state index in [1.165, 1.54) is 11.3 Å². The highest BCUT2D eigenvalue weighted by Gasteiger charge is 2.20. The molecule has 0 unspecified atom stereocenters. The predicted octanol–water partition coefficient (Wildman–Crippen LogP) is 3.77. The van der Waals surface area contributed by atoms with Crippen LogP contribution in [0.1, 0.15) is 31.7 Å². The molecule has 0 bridgehead atoms. The first-order valence-corrected chi connectivity index (χ1v) is 10.6. The van der Waals surface area contributed by atoms with Gasteiger partial charge in [0.1, 0.15) is 24.2 Å². The lowest BCUT2D eigenvalue weighted by atomic mass is 9.98. The number of β-amino-alcohol motifs (C(OH)–C–C–N with tert-alkyl or cyclic N) is 1. The third-order valence-electron chi connectivity index (χ3n) is 5.77. The minimum Gasteiger partial charge on any atom is -0.497 e. The number of anilines is 1. The van der Waals surface area contributed by atoms with Crippen LogP contribution in [0.2, 0.25) is 0 Å². The summed E-state index contributed by atoms with van der Waals surface area (Å²) in [6, 6.07) is 16.4. The lowest BCUT2D eigenvalue weighted by molar-refractivity contribution is 0.0658. The third-order valence-corrected chi connectivity index (χ3v) is 5.77. The topological polar surface area (TPSA) is 45.2 Å². The number of ether oxygens (including phenoxy) is 2. The van der Waals surface area contributed by atoms with Crippen LogP contribution in [0.25, 0.3) is 0 Å². The average Bonchev–Trinajstić information content (AvgIpc) is 2.78. The van der Waals surface area contributed by atoms with Gasteiger partial charge < -0.3 is 19.5 Å². The summed E-state index contributed by atoms with van der Waals surface area (Å²) < 4.78 is 11.2. The molecule has 1 saturated heterocycles. The van der Waals surface area contributed by atoms with E-state index in [0.717, 1.165) is 44.1 Å². The highest BCUT2D eigenvalue weighted by Crippen LogP contribution is 2.28. The van der Waals surface area contributed by atoms with Crippen LogP contribution in [0.5, 0.6) is 11.5 Å². The van der Waals surface area contributed by atoms with Crippen LogP contribution >= 0.6 is 0 Å². The molecule has 1 fully saturated rings. The lowest BCUT2D eigenvalue weighted by Crippen LogP contribution is -2.49. The molecule has 0 radical (unpaired) electrons. The molecule has 1 aliphatic heterocycles. The van der Waals surface area contributed by atoms with Gasteiger partial charge in [-0.05, 0) is 48.2 Å². The van der Waals surface area contributed by atoms with Gasteiger partial charge in [-0.2, -0.15) is 0 Å². The molecule has 5 heteroatoms. The first-order valence-electron chi connectivity index (χ1n) is 10.6. The largest absolute Gasteiger partial charge is 0.497 e. The fourth-order valence-electron chi connectivity index (χ4n) is 3.76. The summed E-state index contributed by atoms with van der Waals surface area (Å²) in [6.45, 7) is 9.14. The molecule has 0 amide bonds. The number of hydrogen-bond donors (Lipinski definition) is 1. The quantitative estimate of drug-likeness (QED) is 0.697. The molecule has 29 heavy (non-hydrogen) atoms. The molecule has 0 spiro atoms. The summed E-state index contributed by atoms with van der Waals surface area (Å²) in [5.74, 6) is 2.23. The second-order valence-electron chi connectivity index (χ2n) is 7.80. The van der Waals surface area contributed by atoms with E-state index >= 15 is 0 Å². The number of hydrogen-bond acceptors (Lipinski definition) is 5. The lowest BCUT2D eigenvalue weighted by Gasteiger charge is -2.37. The van der Waals surface area contributed by atoms with Crippen molar-refractivity contribution in [3.05, 3.63) is 54.1 Å². The number of nitrogens with zero attached hydrogens (tertiary/aromatic N) is 2. The standard InChI is InChI=1S/C24H34N2O3/c1-4-19(2)23-7-5-6-8-24(23)29-18-21(27)17-25-13-15-26(16-14-25)20-9-11-22(28-3)12-10-20/h5-12,19,21,27H,4,13-18H2,1-3H3/t19-,21-/m0/s1. The fourth-order valence-corrected chi connectivity index (χ4v) is 3.76. The highest BCUT2D eigenvalue weighted by atomic mass is 16.5. The molecule has 5 nitrogen and oxygen atoms in total. The van der Waals surface area contributed by atoms with Gasteiger partial charge in [-0.1, -0.05) is 32.0 Å². The normalized spacial score (nSPS) is 17.0. The summed E-state index contributed by atoms with van der Waals surface area (Å²) in [5, 5.41) is 10.5. The van der Waals surface area contributed by atoms with Gasteiger partial charge in [0.25, 0.3) is 0 Å². The minimum atomic E-state index is -0.493. The van der Waals surface area contributed by atoms with E-state index in [9.17, 15) is 5.11 Å². The first-order chi connectivity index (χ1) is 14.1. The summed E-state index contributed by atoms with van der Waals surface area (Å²) in [5.41, 5.74) is 2.44. The molecule has 2 aromatic rings. The Morgan fingerprint density at radius 1 is 1.00 bits per heavy atom. The number of piperazine rings is 1. The molecule has 3 rings (SSSR count). The number of benzene rings is 2. The monoisotopic (exact) mass is 398 g/mol. The van der Waals surface area contributed by atoms with Crippen LogP contribution in [-0.2, 0) is 0 Å². The zero-order valence-electron chi connectivity index (χ0n) is 17.9. The van der Waals surface area contributed by atoms with E-state index in [-0.39, 0.29) is 0 Å². The van der Waals surface area contributed by atoms with Crippen LogP contribution in [0.4, 0.5) is 5.69 Å². The van der Waals surface area contributed by atoms with Gasteiger partial charge in [-0.3, -0.25) is 4.90 Å². The Morgan fingerprint density at radius 2 is 1.69 bits per heavy atom. The molecule has 1 N–H and O–H groups in total. The predicted molar refractivity (Wildman–Crippen MR) is 118 cm³/mol. The maximum absolute atomic E-state index is 10.5. The van der Waals surface area contributed by atoms with Crippen molar-refractivity contribution in [2.24, 2.45) is 0 Å². The van der Waals surface area contributed by atoms with E-state index in [0.29, 0.717) is 19.1 Å². The van der Waals surface area contributed by atoms with Crippen molar-refractivity contribution in [3.63, 3.8) is 0 Å². The Balaban J connectivity index is 1.45. The highest BCUT2D eigenvalue weighted by molar-refractivity contribution is 5.49. The summed E-state index contributed by atoms with van der Waals surface area (Å²) in [4.78, 5) is 4.69. The Labute approximate surface area is 174 Å². The van der Waals surface area contributed by atoms with Gasteiger partial charge in [0, 0.05) is 38.4 Å². The van der Waals surface area contributed by atoms with Gasteiger partial charge in [0.2, 0.25) is 0 Å². The summed E-state index contributed by atoms with van der Waals surface area (Å²) >= 11 is 0. The van der Waals surface area contributed by atoms with Crippen molar-refractivity contribution >= 4 is 5.69 Å². The van der Waals surface area contributed by atoms with E-state index < -0.39 is 6.10 Å². The summed E-state index contributed by atoms with van der Waals surface area (Å²) in [6.07, 6.45) is 0.578. The minimum absolute atomic E-state index is 0.326. The number of para-hydroxylation sites is 1. The Morgan fingerprint density at radius 3 is 2.34 bits per heavy atom. The molecule has 1 heterocycles. The molecular weight excluding hydrogens is 364 g/mol. The van der Waals surface area contributed by atoms with E-state index in [4.69, 9.17) is 9.47 Å². The van der Waals surface area contributed by atoms with Crippen LogP contribution in [0.15, 0.2) is 48.5 Å². The number of aliphatic hydroxyl groups is 1. The van der Waals surface area contributed by atoms with Crippen molar-refractivity contribution < 1.29 is 14.6 Å². The number of rotatable bonds is 9. The van der Waals surface area contributed by atoms with Gasteiger partial charge in [0.15, 0.2) is 0 Å². The molecule has 158 valence electrons. The molecule has 2 aromatic carbocycles. The van der Waals surface area contributed by atoms with Crippen molar-refractivity contribution in [3.8, 4) is 11.5 Å². The van der Waals surface area contributed by atoms with Crippen LogP contribution in [-0.4, -0.2) is 62.6 Å². The molecule has 0 aliphatic carbocycles. The van der Waals surface area contributed by atoms with E-state index in [1.807, 2.05) is 30.3 Å². The second-order valence-corrected chi connectivity index (χ2v) is 7.80. The fraction of sp³-hybridized carbons (Fsp3) is 0.500. The molecule has 2 atom stereocenters. The zero-order valence-corrected chi connectivity index (χ0v) is 17.9. The molecular formula is C24H34N2O3. The van der Waals surface area contributed by atoms with Gasteiger partial charge in [0.05, 0.1) is 7.11 Å². The molecule has 0 aromatic heterocycles. The maximum atomic E-state index is 10.5. The Kier molecular flexibility index (Phi) is 7.78. The molecule has 1 aliphatic rings. The van der Waals surface area contributed by atoms with Crippen molar-refractivity contribution in [1.29, 1.82) is 0 Å². The van der Waals surface area contributed by atoms with Crippen LogP contribution in [0, 0.1) is 0 Å². The van der Waals surface area contributed by atoms with Crippen molar-refractivity contribution in [2.45, 2.75) is 32.3 Å². The van der Waals surface area contributed by atoms with Crippen LogP contribution < -0.4 is 14.4 Å². The van der Waals surface area contributed by atoms with E-state index in [2.05, 4.69) is 41.8 Å². The van der Waals surface area contributed by atoms with Crippen LogP contribution in [0.3, 0.4) is 0 Å². The zero-order chi connectivity index (χ0) is 20.6. The number of methoxy groups -OCH3 is 1. The summed E-state index contributed by atoms with van der Waals surface area (Å²) in [7, 11) is 1.69. The number of aliphatic hydroxyl groups excluding tert-OH is 1. The SMILES string of the molecule is CC[C@H](C)c1ccccc1OC[C@@H](O)CN1CCN(c2ccc(OC)cc2)CC1. The molecule has 0 saturated carbocycles. The first kappa shape index (κ1) is 21.5. The van der Waals surface area contributed by atoms with Crippen molar-refractivity contribution in [2.75, 3.05) is 51.3 Å². The third kappa shape index (κ3) is 5.87. The Hall–Kier alpha value is -2.24.